The van der Waals surface area contributed by atoms with Crippen LogP contribution in [0.5, 0.6) is 0 Å². The van der Waals surface area contributed by atoms with E-state index in [0.717, 1.165) is 26.2 Å². The summed E-state index contributed by atoms with van der Waals surface area (Å²) in [7, 11) is 0. The van der Waals surface area contributed by atoms with E-state index in [4.69, 9.17) is 21.1 Å². The number of hydrogen-bond acceptors (Lipinski definition) is 2. The molecule has 3 heteroatoms. The van der Waals surface area contributed by atoms with Crippen molar-refractivity contribution in [3.05, 3.63) is 0 Å². The SMILES string of the molecule is CC(C)COCCOC1CC(Cl)C12CCCC2. The van der Waals surface area contributed by atoms with Crippen LogP contribution in [0, 0.1) is 11.3 Å². The molecule has 0 aromatic carbocycles. The maximum atomic E-state index is 6.38. The monoisotopic (exact) mass is 260 g/mol. The van der Waals surface area contributed by atoms with Gasteiger partial charge in [-0.1, -0.05) is 26.7 Å². The zero-order valence-electron chi connectivity index (χ0n) is 11.1. The topological polar surface area (TPSA) is 18.5 Å². The lowest BCUT2D eigenvalue weighted by molar-refractivity contribution is -0.116. The van der Waals surface area contributed by atoms with Crippen LogP contribution < -0.4 is 0 Å². The first-order valence-electron chi connectivity index (χ1n) is 6.98. The van der Waals surface area contributed by atoms with Crippen LogP contribution in [-0.2, 0) is 9.47 Å². The Morgan fingerprint density at radius 1 is 1.24 bits per heavy atom. The lowest BCUT2D eigenvalue weighted by atomic mass is 9.64. The van der Waals surface area contributed by atoms with Gasteiger partial charge in [-0.05, 0) is 25.2 Å². The van der Waals surface area contributed by atoms with Gasteiger partial charge in [-0.15, -0.1) is 11.6 Å². The van der Waals surface area contributed by atoms with Crippen molar-refractivity contribution in [2.45, 2.75) is 57.4 Å². The van der Waals surface area contributed by atoms with E-state index in [9.17, 15) is 0 Å². The fraction of sp³-hybridized carbons (Fsp3) is 1.00. The molecule has 2 aliphatic rings. The first-order chi connectivity index (χ1) is 8.15. The van der Waals surface area contributed by atoms with Gasteiger partial charge in [-0.3, -0.25) is 0 Å². The predicted octanol–water partition coefficient (Wildman–Crippen LogP) is 3.62. The smallest absolute Gasteiger partial charge is 0.0704 e. The second-order valence-corrected chi connectivity index (χ2v) is 6.50. The van der Waals surface area contributed by atoms with Gasteiger partial charge in [0.1, 0.15) is 0 Å². The normalized spacial score (nSPS) is 31.1. The second-order valence-electron chi connectivity index (χ2n) is 5.97. The summed E-state index contributed by atoms with van der Waals surface area (Å²) >= 11 is 6.38. The standard InChI is InChI=1S/C14H25ClO2/c1-11(2)10-16-7-8-17-13-9-12(15)14(13)5-3-4-6-14/h11-13H,3-10H2,1-2H3. The van der Waals surface area contributed by atoms with Gasteiger partial charge in [0.25, 0.3) is 0 Å². The molecule has 2 aliphatic carbocycles. The molecule has 17 heavy (non-hydrogen) atoms. The number of rotatable bonds is 6. The molecule has 2 unspecified atom stereocenters. The van der Waals surface area contributed by atoms with E-state index >= 15 is 0 Å². The molecule has 0 aromatic rings. The highest BCUT2D eigenvalue weighted by Crippen LogP contribution is 2.57. The number of halogens is 1. The number of ether oxygens (including phenoxy) is 2. The Labute approximate surface area is 110 Å². The van der Waals surface area contributed by atoms with Crippen molar-refractivity contribution in [1.29, 1.82) is 0 Å². The predicted molar refractivity (Wildman–Crippen MR) is 70.6 cm³/mol. The van der Waals surface area contributed by atoms with Crippen LogP contribution in [0.15, 0.2) is 0 Å². The minimum Gasteiger partial charge on any atom is -0.379 e. The third kappa shape index (κ3) is 2.97. The molecule has 1 spiro atoms. The summed E-state index contributed by atoms with van der Waals surface area (Å²) in [4.78, 5) is 0. The Kier molecular flexibility index (Phi) is 4.73. The Morgan fingerprint density at radius 2 is 1.94 bits per heavy atom. The number of alkyl halides is 1. The fourth-order valence-corrected chi connectivity index (χ4v) is 3.69. The van der Waals surface area contributed by atoms with Crippen LogP contribution in [0.2, 0.25) is 0 Å². The Bertz CT molecular complexity index is 236. The molecule has 2 nitrogen and oxygen atoms in total. The average Bonchev–Trinajstić information content (AvgIpc) is 2.78. The van der Waals surface area contributed by atoms with Crippen molar-refractivity contribution in [2.24, 2.45) is 11.3 Å². The second kappa shape index (κ2) is 5.90. The van der Waals surface area contributed by atoms with Crippen molar-refractivity contribution in [3.63, 3.8) is 0 Å². The summed E-state index contributed by atoms with van der Waals surface area (Å²) in [5, 5.41) is 0.353. The summed E-state index contributed by atoms with van der Waals surface area (Å²) in [6.07, 6.45) is 6.61. The molecular formula is C14H25ClO2. The molecule has 0 radical (unpaired) electrons. The third-order valence-corrected chi connectivity index (χ3v) is 4.83. The lowest BCUT2D eigenvalue weighted by Crippen LogP contribution is -2.54. The van der Waals surface area contributed by atoms with Crippen LogP contribution in [0.25, 0.3) is 0 Å². The molecule has 0 N–H and O–H groups in total. The quantitative estimate of drug-likeness (QED) is 0.537. The molecule has 2 saturated carbocycles. The molecular weight excluding hydrogens is 236 g/mol. The minimum atomic E-state index is 0.319. The fourth-order valence-electron chi connectivity index (χ4n) is 3.17. The van der Waals surface area contributed by atoms with Crippen molar-refractivity contribution in [2.75, 3.05) is 19.8 Å². The maximum Gasteiger partial charge on any atom is 0.0704 e. The molecule has 0 saturated heterocycles. The highest BCUT2D eigenvalue weighted by Gasteiger charge is 2.55. The molecule has 2 fully saturated rings. The van der Waals surface area contributed by atoms with E-state index in [2.05, 4.69) is 13.8 Å². The van der Waals surface area contributed by atoms with Crippen molar-refractivity contribution in [1.82, 2.24) is 0 Å². The first kappa shape index (κ1) is 13.6. The molecule has 2 rings (SSSR count). The van der Waals surface area contributed by atoms with Crippen LogP contribution in [0.4, 0.5) is 0 Å². The van der Waals surface area contributed by atoms with Gasteiger partial charge in [0, 0.05) is 17.4 Å². The molecule has 0 aromatic heterocycles. The van der Waals surface area contributed by atoms with Crippen molar-refractivity contribution < 1.29 is 9.47 Å². The highest BCUT2D eigenvalue weighted by atomic mass is 35.5. The van der Waals surface area contributed by atoms with E-state index < -0.39 is 0 Å². The van der Waals surface area contributed by atoms with Crippen LogP contribution in [0.3, 0.4) is 0 Å². The summed E-state index contributed by atoms with van der Waals surface area (Å²) in [5.41, 5.74) is 0.319. The average molecular weight is 261 g/mol. The minimum absolute atomic E-state index is 0.319. The van der Waals surface area contributed by atoms with Gasteiger partial charge in [-0.25, -0.2) is 0 Å². The Morgan fingerprint density at radius 3 is 2.53 bits per heavy atom. The van der Waals surface area contributed by atoms with E-state index in [0.29, 0.717) is 22.8 Å². The van der Waals surface area contributed by atoms with Crippen LogP contribution in [0.1, 0.15) is 46.0 Å². The molecule has 0 heterocycles. The zero-order valence-corrected chi connectivity index (χ0v) is 11.8. The summed E-state index contributed by atoms with van der Waals surface area (Å²) in [6.45, 7) is 6.61. The number of hydrogen-bond donors (Lipinski definition) is 0. The highest BCUT2D eigenvalue weighted by molar-refractivity contribution is 6.21. The molecule has 0 bridgehead atoms. The van der Waals surface area contributed by atoms with Gasteiger partial charge in [-0.2, -0.15) is 0 Å². The maximum absolute atomic E-state index is 6.38. The van der Waals surface area contributed by atoms with Gasteiger partial charge in [0.15, 0.2) is 0 Å². The van der Waals surface area contributed by atoms with Crippen molar-refractivity contribution in [3.8, 4) is 0 Å². The summed E-state index contributed by atoms with van der Waals surface area (Å²) in [6, 6.07) is 0. The largest absolute Gasteiger partial charge is 0.379 e. The van der Waals surface area contributed by atoms with E-state index in [-0.39, 0.29) is 0 Å². The molecule has 100 valence electrons. The van der Waals surface area contributed by atoms with Gasteiger partial charge in [0.2, 0.25) is 0 Å². The van der Waals surface area contributed by atoms with Crippen LogP contribution in [-0.4, -0.2) is 31.3 Å². The lowest BCUT2D eigenvalue weighted by Gasteiger charge is -2.51. The van der Waals surface area contributed by atoms with E-state index in [1.165, 1.54) is 25.7 Å². The van der Waals surface area contributed by atoms with Gasteiger partial charge < -0.3 is 9.47 Å². The Hall–Kier alpha value is 0.210. The molecule has 0 amide bonds. The third-order valence-electron chi connectivity index (χ3n) is 4.22. The molecule has 2 atom stereocenters. The van der Waals surface area contributed by atoms with Crippen LogP contribution >= 0.6 is 11.6 Å². The molecule has 0 aliphatic heterocycles. The van der Waals surface area contributed by atoms with E-state index in [1.807, 2.05) is 0 Å². The first-order valence-corrected chi connectivity index (χ1v) is 7.42. The van der Waals surface area contributed by atoms with Gasteiger partial charge >= 0.3 is 0 Å². The Balaban J connectivity index is 1.63. The van der Waals surface area contributed by atoms with Crippen molar-refractivity contribution >= 4 is 11.6 Å². The van der Waals surface area contributed by atoms with Gasteiger partial charge in [0.05, 0.1) is 19.3 Å². The zero-order chi connectivity index (χ0) is 12.3. The summed E-state index contributed by atoms with van der Waals surface area (Å²) in [5.74, 6) is 0.604. The van der Waals surface area contributed by atoms with E-state index in [1.54, 1.807) is 0 Å². The summed E-state index contributed by atoms with van der Waals surface area (Å²) < 4.78 is 11.5.